The van der Waals surface area contributed by atoms with Crippen LogP contribution in [0.25, 0.3) is 0 Å². The van der Waals surface area contributed by atoms with E-state index in [1.807, 2.05) is 34.6 Å². The molecule has 3 heterocycles. The highest BCUT2D eigenvalue weighted by Crippen LogP contribution is 2.35. The van der Waals surface area contributed by atoms with Gasteiger partial charge in [0.2, 0.25) is 0 Å². The van der Waals surface area contributed by atoms with Crippen molar-refractivity contribution in [2.75, 3.05) is 0 Å². The fourth-order valence-electron chi connectivity index (χ4n) is 3.17. The van der Waals surface area contributed by atoms with Crippen molar-refractivity contribution in [3.05, 3.63) is 54.3 Å². The molecule has 4 rings (SSSR count). The Bertz CT molecular complexity index is 848. The molecule has 0 aromatic carbocycles. The number of hydrogen-bond acceptors (Lipinski definition) is 5. The van der Waals surface area contributed by atoms with Crippen LogP contribution in [0.1, 0.15) is 36.2 Å². The molecule has 0 spiro atoms. The van der Waals surface area contributed by atoms with Gasteiger partial charge in [-0.05, 0) is 31.0 Å². The summed E-state index contributed by atoms with van der Waals surface area (Å²) in [6.45, 7) is 0.981. The number of amides is 2. The molecule has 0 atom stereocenters. The van der Waals surface area contributed by atoms with Crippen molar-refractivity contribution in [1.82, 2.24) is 35.2 Å². The fraction of sp³-hybridized carbons (Fsp3) is 0.412. The molecule has 0 aliphatic heterocycles. The van der Waals surface area contributed by atoms with Crippen LogP contribution in [0, 0.1) is 0 Å². The summed E-state index contributed by atoms with van der Waals surface area (Å²) >= 11 is 0. The number of nitrogens with zero attached hydrogens (tertiary/aromatic N) is 5. The van der Waals surface area contributed by atoms with Crippen LogP contribution >= 0.6 is 0 Å². The molecule has 2 N–H and O–H groups in total. The van der Waals surface area contributed by atoms with Crippen molar-refractivity contribution in [3.63, 3.8) is 0 Å². The van der Waals surface area contributed by atoms with Crippen molar-refractivity contribution >= 4 is 6.03 Å². The molecule has 2 amide bonds. The number of carbonyl (C=O) groups is 1. The summed E-state index contributed by atoms with van der Waals surface area (Å²) in [5.74, 6) is 2.88. The first-order valence-corrected chi connectivity index (χ1v) is 8.61. The summed E-state index contributed by atoms with van der Waals surface area (Å²) in [5.41, 5.74) is 0. The van der Waals surface area contributed by atoms with Crippen molar-refractivity contribution < 1.29 is 9.21 Å². The Hall–Kier alpha value is -3.10. The third kappa shape index (κ3) is 3.46. The zero-order valence-electron chi connectivity index (χ0n) is 14.5. The Labute approximate surface area is 150 Å². The van der Waals surface area contributed by atoms with Gasteiger partial charge in [-0.3, -0.25) is 4.68 Å². The van der Waals surface area contributed by atoms with Crippen LogP contribution in [0.4, 0.5) is 4.79 Å². The standard InChI is InChI=1S/C17H21N7O2/c1-23-15(11-24-6-3-5-19-24)21-22-16(23)12-8-13(9-12)20-17(25)18-10-14-4-2-7-26-14/h2-7,12-13H,8-11H2,1H3,(H2,18,20,25). The van der Waals surface area contributed by atoms with Gasteiger partial charge in [0, 0.05) is 31.4 Å². The lowest BCUT2D eigenvalue weighted by molar-refractivity contribution is 0.219. The lowest BCUT2D eigenvalue weighted by Gasteiger charge is -2.34. The third-order valence-corrected chi connectivity index (χ3v) is 4.70. The zero-order chi connectivity index (χ0) is 17.9. The molecule has 0 radical (unpaired) electrons. The van der Waals surface area contributed by atoms with Gasteiger partial charge >= 0.3 is 6.03 Å². The summed E-state index contributed by atoms with van der Waals surface area (Å²) in [6.07, 6.45) is 6.96. The average Bonchev–Trinajstić information content (AvgIpc) is 3.34. The van der Waals surface area contributed by atoms with Gasteiger partial charge < -0.3 is 19.6 Å². The van der Waals surface area contributed by atoms with E-state index in [0.717, 1.165) is 30.3 Å². The Morgan fingerprint density at radius 1 is 1.35 bits per heavy atom. The van der Waals surface area contributed by atoms with Gasteiger partial charge in [-0.15, -0.1) is 10.2 Å². The highest BCUT2D eigenvalue weighted by Gasteiger charge is 2.34. The normalized spacial score (nSPS) is 19.1. The van der Waals surface area contributed by atoms with E-state index in [-0.39, 0.29) is 12.1 Å². The Morgan fingerprint density at radius 2 is 2.23 bits per heavy atom. The molecule has 1 aliphatic rings. The maximum Gasteiger partial charge on any atom is 0.315 e. The quantitative estimate of drug-likeness (QED) is 0.696. The minimum atomic E-state index is -0.179. The van der Waals surface area contributed by atoms with Gasteiger partial charge in [-0.2, -0.15) is 5.10 Å². The molecule has 136 valence electrons. The van der Waals surface area contributed by atoms with Crippen molar-refractivity contribution in [2.45, 2.75) is 37.9 Å². The second kappa shape index (κ2) is 7.03. The molecule has 3 aromatic rings. The number of hydrogen-bond donors (Lipinski definition) is 2. The fourth-order valence-corrected chi connectivity index (χ4v) is 3.17. The van der Waals surface area contributed by atoms with Crippen LogP contribution in [-0.2, 0) is 20.1 Å². The molecule has 0 unspecified atom stereocenters. The maximum absolute atomic E-state index is 11.9. The van der Waals surface area contributed by atoms with Crippen LogP contribution in [0.5, 0.6) is 0 Å². The molecule has 9 heteroatoms. The highest BCUT2D eigenvalue weighted by molar-refractivity contribution is 5.74. The molecule has 1 fully saturated rings. The van der Waals surface area contributed by atoms with Crippen LogP contribution in [0.3, 0.4) is 0 Å². The summed E-state index contributed by atoms with van der Waals surface area (Å²) in [7, 11) is 1.98. The van der Waals surface area contributed by atoms with Crippen LogP contribution in [0.2, 0.25) is 0 Å². The molecule has 3 aromatic heterocycles. The lowest BCUT2D eigenvalue weighted by atomic mass is 9.79. The van der Waals surface area contributed by atoms with Gasteiger partial charge in [0.05, 0.1) is 12.8 Å². The number of furan rings is 1. The first-order chi connectivity index (χ1) is 12.7. The van der Waals surface area contributed by atoms with E-state index in [4.69, 9.17) is 4.42 Å². The molecule has 9 nitrogen and oxygen atoms in total. The Balaban J connectivity index is 1.25. The van der Waals surface area contributed by atoms with E-state index in [1.165, 1.54) is 0 Å². The number of rotatable bonds is 6. The topological polar surface area (TPSA) is 103 Å². The van der Waals surface area contributed by atoms with E-state index >= 15 is 0 Å². The first-order valence-electron chi connectivity index (χ1n) is 8.61. The SMILES string of the molecule is Cn1c(Cn2cccn2)nnc1C1CC(NC(=O)NCc2ccco2)C1. The van der Waals surface area contributed by atoms with E-state index in [0.29, 0.717) is 19.0 Å². The second-order valence-electron chi connectivity index (χ2n) is 6.51. The Kier molecular flexibility index (Phi) is 4.42. The minimum absolute atomic E-state index is 0.155. The first kappa shape index (κ1) is 16.4. The lowest BCUT2D eigenvalue weighted by Crippen LogP contribution is -2.47. The van der Waals surface area contributed by atoms with E-state index in [1.54, 1.807) is 18.5 Å². The molecular weight excluding hydrogens is 334 g/mol. The predicted molar refractivity (Wildman–Crippen MR) is 92.2 cm³/mol. The number of aromatic nitrogens is 5. The highest BCUT2D eigenvalue weighted by atomic mass is 16.3. The predicted octanol–water partition coefficient (Wildman–Crippen LogP) is 1.40. The summed E-state index contributed by atoms with van der Waals surface area (Å²) in [4.78, 5) is 11.9. The molecule has 0 bridgehead atoms. The van der Waals surface area contributed by atoms with E-state index in [9.17, 15) is 4.79 Å². The number of nitrogens with one attached hydrogen (secondary N) is 2. The smallest absolute Gasteiger partial charge is 0.315 e. The van der Waals surface area contributed by atoms with Crippen LogP contribution in [0.15, 0.2) is 41.3 Å². The molecule has 1 aliphatic carbocycles. The number of urea groups is 1. The van der Waals surface area contributed by atoms with Gasteiger partial charge in [-0.1, -0.05) is 0 Å². The molecule has 1 saturated carbocycles. The van der Waals surface area contributed by atoms with Gasteiger partial charge in [-0.25, -0.2) is 4.79 Å². The maximum atomic E-state index is 11.9. The van der Waals surface area contributed by atoms with Gasteiger partial charge in [0.25, 0.3) is 0 Å². The third-order valence-electron chi connectivity index (χ3n) is 4.70. The van der Waals surface area contributed by atoms with Gasteiger partial charge in [0.15, 0.2) is 5.82 Å². The molecular formula is C17H21N7O2. The summed E-state index contributed by atoms with van der Waals surface area (Å²) in [5, 5.41) is 18.6. The largest absolute Gasteiger partial charge is 0.467 e. The summed E-state index contributed by atoms with van der Waals surface area (Å²) in [6, 6.07) is 5.49. The number of carbonyl (C=O) groups excluding carboxylic acids is 1. The van der Waals surface area contributed by atoms with Crippen molar-refractivity contribution in [2.24, 2.45) is 7.05 Å². The zero-order valence-corrected chi connectivity index (χ0v) is 14.5. The molecule has 26 heavy (non-hydrogen) atoms. The molecule has 0 saturated heterocycles. The van der Waals surface area contributed by atoms with Crippen LogP contribution in [-0.4, -0.2) is 36.6 Å². The average molecular weight is 355 g/mol. The van der Waals surface area contributed by atoms with Crippen molar-refractivity contribution in [3.8, 4) is 0 Å². The van der Waals surface area contributed by atoms with Gasteiger partial charge in [0.1, 0.15) is 18.1 Å². The minimum Gasteiger partial charge on any atom is -0.467 e. The summed E-state index contributed by atoms with van der Waals surface area (Å²) < 4.78 is 9.04. The van der Waals surface area contributed by atoms with E-state index < -0.39 is 0 Å². The Morgan fingerprint density at radius 3 is 2.96 bits per heavy atom. The van der Waals surface area contributed by atoms with E-state index in [2.05, 4.69) is 25.9 Å². The van der Waals surface area contributed by atoms with Crippen molar-refractivity contribution in [1.29, 1.82) is 0 Å². The monoisotopic (exact) mass is 355 g/mol. The second-order valence-corrected chi connectivity index (χ2v) is 6.51. The van der Waals surface area contributed by atoms with Crippen LogP contribution < -0.4 is 10.6 Å².